The molecule has 0 atom stereocenters. The van der Waals surface area contributed by atoms with Gasteiger partial charge in [0.05, 0.1) is 23.0 Å². The van der Waals surface area contributed by atoms with Crippen LogP contribution in [0.25, 0.3) is 44.9 Å². The largest absolute Gasteiger partial charge is 0.490 e. The molecule has 0 bridgehead atoms. The molecule has 0 amide bonds. The normalized spacial score (nSPS) is 13.6. The summed E-state index contributed by atoms with van der Waals surface area (Å²) in [5.74, 6) is 0.939. The van der Waals surface area contributed by atoms with Crippen LogP contribution < -0.4 is 15.3 Å². The maximum atomic E-state index is 6.43. The van der Waals surface area contributed by atoms with E-state index in [9.17, 15) is 0 Å². The van der Waals surface area contributed by atoms with E-state index in [-0.39, 0.29) is 0 Å². The summed E-state index contributed by atoms with van der Waals surface area (Å²) < 4.78 is 8.22. The van der Waals surface area contributed by atoms with E-state index < -0.39 is 0 Å². The SMILES string of the molecule is C1=c2[nH]c3cc4[nH]c5ccccc5c4c(OCCn4cncn4)c3c2=CCC1. The van der Waals surface area contributed by atoms with Crippen LogP contribution in [0.1, 0.15) is 12.8 Å². The summed E-state index contributed by atoms with van der Waals surface area (Å²) in [4.78, 5) is 11.1. The molecule has 0 saturated heterocycles. The molecule has 0 saturated carbocycles. The van der Waals surface area contributed by atoms with Crippen LogP contribution in [0, 0.1) is 0 Å². The molecular weight excluding hydrogens is 350 g/mol. The van der Waals surface area contributed by atoms with Gasteiger partial charge in [-0.3, -0.25) is 0 Å². The molecule has 5 aromatic rings. The van der Waals surface area contributed by atoms with E-state index >= 15 is 0 Å². The first-order valence-electron chi connectivity index (χ1n) is 9.59. The zero-order chi connectivity index (χ0) is 18.5. The predicted octanol–water partition coefficient (Wildman–Crippen LogP) is 2.83. The lowest BCUT2D eigenvalue weighted by Crippen LogP contribution is -2.25. The van der Waals surface area contributed by atoms with Gasteiger partial charge in [0.15, 0.2) is 0 Å². The van der Waals surface area contributed by atoms with E-state index in [1.54, 1.807) is 17.3 Å². The molecule has 2 N–H and O–H groups in total. The monoisotopic (exact) mass is 369 g/mol. The molecule has 3 heterocycles. The lowest BCUT2D eigenvalue weighted by atomic mass is 10.1. The van der Waals surface area contributed by atoms with Gasteiger partial charge in [-0.05, 0) is 25.0 Å². The Morgan fingerprint density at radius 3 is 2.82 bits per heavy atom. The molecule has 28 heavy (non-hydrogen) atoms. The lowest BCUT2D eigenvalue weighted by Gasteiger charge is -2.10. The Labute approximate surface area is 160 Å². The summed E-state index contributed by atoms with van der Waals surface area (Å²) >= 11 is 0. The zero-order valence-electron chi connectivity index (χ0n) is 15.3. The molecule has 0 spiro atoms. The Morgan fingerprint density at radius 2 is 1.89 bits per heavy atom. The number of nitrogens with zero attached hydrogens (tertiary/aromatic N) is 3. The molecule has 0 fully saturated rings. The number of aromatic nitrogens is 5. The van der Waals surface area contributed by atoms with Crippen molar-refractivity contribution in [2.45, 2.75) is 19.4 Å². The van der Waals surface area contributed by atoms with Gasteiger partial charge in [0, 0.05) is 26.9 Å². The Hall–Kier alpha value is -3.54. The molecule has 0 aliphatic heterocycles. The number of hydrogen-bond acceptors (Lipinski definition) is 3. The van der Waals surface area contributed by atoms with Gasteiger partial charge in [-0.2, -0.15) is 5.10 Å². The minimum Gasteiger partial charge on any atom is -0.490 e. The van der Waals surface area contributed by atoms with Crippen molar-refractivity contribution in [1.29, 1.82) is 0 Å². The van der Waals surface area contributed by atoms with Gasteiger partial charge in [0.25, 0.3) is 0 Å². The van der Waals surface area contributed by atoms with Gasteiger partial charge in [0.1, 0.15) is 25.0 Å². The van der Waals surface area contributed by atoms with Crippen molar-refractivity contribution in [3.63, 3.8) is 0 Å². The van der Waals surface area contributed by atoms with Crippen molar-refractivity contribution in [2.24, 2.45) is 0 Å². The van der Waals surface area contributed by atoms with E-state index in [1.807, 2.05) is 0 Å². The summed E-state index contributed by atoms with van der Waals surface area (Å²) in [6, 6.07) is 10.6. The fraction of sp³-hybridized carbons (Fsp3) is 0.182. The number of nitrogens with one attached hydrogen (secondary N) is 2. The van der Waals surface area contributed by atoms with Gasteiger partial charge in [-0.25, -0.2) is 9.67 Å². The highest BCUT2D eigenvalue weighted by Gasteiger charge is 2.17. The van der Waals surface area contributed by atoms with E-state index in [0.29, 0.717) is 13.2 Å². The smallest absolute Gasteiger partial charge is 0.139 e. The minimum absolute atomic E-state index is 0.529. The molecule has 1 aliphatic carbocycles. The van der Waals surface area contributed by atoms with Crippen molar-refractivity contribution in [3.8, 4) is 5.75 Å². The molecule has 3 aromatic heterocycles. The summed E-state index contributed by atoms with van der Waals surface area (Å²) in [5, 5.41) is 10.1. The first-order valence-corrected chi connectivity index (χ1v) is 9.59. The van der Waals surface area contributed by atoms with Crippen LogP contribution >= 0.6 is 0 Å². The van der Waals surface area contributed by atoms with Gasteiger partial charge in [0.2, 0.25) is 0 Å². The zero-order valence-corrected chi connectivity index (χ0v) is 15.3. The second-order valence-corrected chi connectivity index (χ2v) is 7.17. The van der Waals surface area contributed by atoms with E-state index in [1.165, 1.54) is 21.3 Å². The third-order valence-corrected chi connectivity index (χ3v) is 5.47. The summed E-state index contributed by atoms with van der Waals surface area (Å²) in [5.41, 5.74) is 3.31. The van der Waals surface area contributed by atoms with Crippen LogP contribution in [-0.2, 0) is 6.54 Å². The molecule has 2 aromatic carbocycles. The Bertz CT molecular complexity index is 1440. The van der Waals surface area contributed by atoms with E-state index in [2.05, 4.69) is 62.5 Å². The van der Waals surface area contributed by atoms with Crippen LogP contribution in [0.4, 0.5) is 0 Å². The van der Waals surface area contributed by atoms with Crippen LogP contribution in [0.3, 0.4) is 0 Å². The first kappa shape index (κ1) is 15.5. The quantitative estimate of drug-likeness (QED) is 0.512. The average Bonchev–Trinajstić information content (AvgIpc) is 3.43. The third-order valence-electron chi connectivity index (χ3n) is 5.47. The third kappa shape index (κ3) is 2.27. The van der Waals surface area contributed by atoms with Gasteiger partial charge < -0.3 is 14.7 Å². The van der Waals surface area contributed by atoms with Crippen molar-refractivity contribution >= 4 is 44.9 Å². The lowest BCUT2D eigenvalue weighted by molar-refractivity contribution is 0.297. The van der Waals surface area contributed by atoms with Crippen molar-refractivity contribution in [2.75, 3.05) is 6.61 Å². The second-order valence-electron chi connectivity index (χ2n) is 7.17. The first-order chi connectivity index (χ1) is 13.9. The molecular formula is C22H19N5O. The average molecular weight is 369 g/mol. The summed E-state index contributed by atoms with van der Waals surface area (Å²) in [6.45, 7) is 1.18. The number of hydrogen-bond donors (Lipinski definition) is 2. The molecule has 0 unspecified atom stereocenters. The predicted molar refractivity (Wildman–Crippen MR) is 111 cm³/mol. The molecule has 1 aliphatic rings. The van der Waals surface area contributed by atoms with E-state index in [4.69, 9.17) is 4.74 Å². The van der Waals surface area contributed by atoms with Crippen LogP contribution in [0.15, 0.2) is 43.0 Å². The number of para-hydroxylation sites is 1. The highest BCUT2D eigenvalue weighted by molar-refractivity contribution is 6.16. The van der Waals surface area contributed by atoms with Crippen LogP contribution in [0.5, 0.6) is 5.75 Å². The molecule has 138 valence electrons. The minimum atomic E-state index is 0.529. The van der Waals surface area contributed by atoms with E-state index in [0.717, 1.165) is 40.5 Å². The van der Waals surface area contributed by atoms with Crippen LogP contribution in [-0.4, -0.2) is 31.3 Å². The van der Waals surface area contributed by atoms with Gasteiger partial charge >= 0.3 is 0 Å². The molecule has 0 radical (unpaired) electrons. The standard InChI is InChI=1S/C22H19N5O/c1-3-7-16-14(5-1)20-18(25-16)11-19-21(15-6-2-4-8-17(15)26-19)22(20)28-10-9-27-13-23-12-24-27/h1,3,5-8,11-13,25-26H,2,4,9-10H2. The maximum absolute atomic E-state index is 6.43. The Kier molecular flexibility index (Phi) is 3.32. The summed E-state index contributed by atoms with van der Waals surface area (Å²) in [6.07, 6.45) is 9.99. The number of rotatable bonds is 4. The van der Waals surface area contributed by atoms with Crippen molar-refractivity contribution in [1.82, 2.24) is 24.7 Å². The number of benzene rings is 2. The van der Waals surface area contributed by atoms with Gasteiger partial charge in [-0.15, -0.1) is 0 Å². The molecule has 6 rings (SSSR count). The summed E-state index contributed by atoms with van der Waals surface area (Å²) in [7, 11) is 0. The highest BCUT2D eigenvalue weighted by Crippen LogP contribution is 2.37. The second kappa shape index (κ2) is 5.99. The van der Waals surface area contributed by atoms with Crippen LogP contribution in [0.2, 0.25) is 0 Å². The number of aromatic amines is 2. The fourth-order valence-electron chi connectivity index (χ4n) is 4.25. The fourth-order valence-corrected chi connectivity index (χ4v) is 4.25. The highest BCUT2D eigenvalue weighted by atomic mass is 16.5. The maximum Gasteiger partial charge on any atom is 0.139 e. The van der Waals surface area contributed by atoms with Gasteiger partial charge in [-0.1, -0.05) is 30.4 Å². The molecule has 6 nitrogen and oxygen atoms in total. The van der Waals surface area contributed by atoms with Crippen molar-refractivity contribution in [3.05, 3.63) is 53.6 Å². The molecule has 6 heteroatoms. The Morgan fingerprint density at radius 1 is 1.00 bits per heavy atom. The number of ether oxygens (including phenoxy) is 1. The Balaban J connectivity index is 1.62. The number of fused-ring (bicyclic) bond motifs is 6. The number of H-pyrrole nitrogens is 2. The topological polar surface area (TPSA) is 71.5 Å². The van der Waals surface area contributed by atoms with Crippen molar-refractivity contribution < 1.29 is 4.74 Å².